The highest BCUT2D eigenvalue weighted by Crippen LogP contribution is 2.34. The van der Waals surface area contributed by atoms with Gasteiger partial charge in [-0.2, -0.15) is 0 Å². The van der Waals surface area contributed by atoms with E-state index >= 15 is 0 Å². The minimum atomic E-state index is 0.0215. The van der Waals surface area contributed by atoms with Crippen molar-refractivity contribution in [3.8, 4) is 0 Å². The van der Waals surface area contributed by atoms with Crippen LogP contribution in [0.2, 0.25) is 0 Å². The molecule has 0 saturated heterocycles. The highest BCUT2D eigenvalue weighted by Gasteiger charge is 2.32. The lowest BCUT2D eigenvalue weighted by atomic mass is 10.1. The molecule has 116 valence electrons. The summed E-state index contributed by atoms with van der Waals surface area (Å²) in [7, 11) is 6.22. The molecule has 1 unspecified atom stereocenters. The summed E-state index contributed by atoms with van der Waals surface area (Å²) in [6, 6.07) is 8.27. The molecule has 1 saturated carbocycles. The molecular formula is C17H27N3O. The third-order valence-corrected chi connectivity index (χ3v) is 4.35. The number of nitrogens with one attached hydrogen (secondary N) is 1. The minimum absolute atomic E-state index is 0.0215. The average Bonchev–Trinajstić information content (AvgIpc) is 3.31. The van der Waals surface area contributed by atoms with Crippen LogP contribution in [0.1, 0.15) is 30.1 Å². The molecule has 21 heavy (non-hydrogen) atoms. The van der Waals surface area contributed by atoms with Gasteiger partial charge in [0.05, 0.1) is 0 Å². The van der Waals surface area contributed by atoms with Crippen molar-refractivity contribution >= 4 is 11.6 Å². The zero-order valence-electron chi connectivity index (χ0n) is 13.6. The lowest BCUT2D eigenvalue weighted by Gasteiger charge is -2.24. The van der Waals surface area contributed by atoms with Crippen molar-refractivity contribution < 1.29 is 4.79 Å². The van der Waals surface area contributed by atoms with E-state index in [0.717, 1.165) is 30.3 Å². The summed E-state index contributed by atoms with van der Waals surface area (Å²) >= 11 is 0. The van der Waals surface area contributed by atoms with Crippen LogP contribution in [0, 0.1) is 5.92 Å². The standard InChI is InChI=1S/C17H27N3O/c1-5-20(4)15-10-8-14(9-11-15)17(21)18-12-16(19(2)3)13-6-7-13/h8-11,13,16H,5-7,12H2,1-4H3,(H,18,21). The fourth-order valence-electron chi connectivity index (χ4n) is 2.60. The lowest BCUT2D eigenvalue weighted by Crippen LogP contribution is -2.41. The van der Waals surface area contributed by atoms with Crippen LogP contribution in [0.3, 0.4) is 0 Å². The summed E-state index contributed by atoms with van der Waals surface area (Å²) in [5, 5.41) is 3.07. The van der Waals surface area contributed by atoms with E-state index in [1.165, 1.54) is 12.8 Å². The van der Waals surface area contributed by atoms with Crippen LogP contribution in [0.5, 0.6) is 0 Å². The third-order valence-electron chi connectivity index (χ3n) is 4.35. The Hall–Kier alpha value is -1.55. The van der Waals surface area contributed by atoms with Crippen LogP contribution in [0.25, 0.3) is 0 Å². The molecule has 1 amide bonds. The minimum Gasteiger partial charge on any atom is -0.375 e. The van der Waals surface area contributed by atoms with Gasteiger partial charge in [-0.15, -0.1) is 0 Å². The van der Waals surface area contributed by atoms with E-state index in [1.807, 2.05) is 31.3 Å². The molecule has 2 rings (SSSR count). The van der Waals surface area contributed by atoms with Crippen LogP contribution in [-0.2, 0) is 0 Å². The molecule has 1 atom stereocenters. The average molecular weight is 289 g/mol. The number of hydrogen-bond donors (Lipinski definition) is 1. The van der Waals surface area contributed by atoms with E-state index in [2.05, 4.69) is 36.1 Å². The highest BCUT2D eigenvalue weighted by atomic mass is 16.1. The Morgan fingerprint density at radius 2 is 1.86 bits per heavy atom. The van der Waals surface area contributed by atoms with Gasteiger partial charge >= 0.3 is 0 Å². The van der Waals surface area contributed by atoms with E-state index in [1.54, 1.807) is 0 Å². The summed E-state index contributed by atoms with van der Waals surface area (Å²) in [5.74, 6) is 0.772. The molecule has 0 heterocycles. The summed E-state index contributed by atoms with van der Waals surface area (Å²) in [4.78, 5) is 16.6. The fourth-order valence-corrected chi connectivity index (χ4v) is 2.60. The maximum atomic E-state index is 12.2. The third kappa shape index (κ3) is 4.21. The predicted octanol–water partition coefficient (Wildman–Crippen LogP) is 2.21. The topological polar surface area (TPSA) is 35.6 Å². The molecule has 0 bridgehead atoms. The molecule has 1 fully saturated rings. The van der Waals surface area contributed by atoms with E-state index in [-0.39, 0.29) is 5.91 Å². The van der Waals surface area contributed by atoms with Gasteiger partial charge in [-0.3, -0.25) is 4.79 Å². The van der Waals surface area contributed by atoms with Crippen LogP contribution >= 0.6 is 0 Å². The predicted molar refractivity (Wildman–Crippen MR) is 87.9 cm³/mol. The second-order valence-corrected chi connectivity index (χ2v) is 6.14. The molecule has 0 aliphatic heterocycles. The molecular weight excluding hydrogens is 262 g/mol. The molecule has 4 nitrogen and oxygen atoms in total. The van der Waals surface area contributed by atoms with Crippen molar-refractivity contribution in [3.05, 3.63) is 29.8 Å². The van der Waals surface area contributed by atoms with Gasteiger partial charge < -0.3 is 15.1 Å². The van der Waals surface area contributed by atoms with Crippen LogP contribution < -0.4 is 10.2 Å². The summed E-state index contributed by atoms with van der Waals surface area (Å²) < 4.78 is 0. The summed E-state index contributed by atoms with van der Waals surface area (Å²) in [6.07, 6.45) is 2.58. The van der Waals surface area contributed by atoms with Crippen molar-refractivity contribution in [2.75, 3.05) is 39.1 Å². The van der Waals surface area contributed by atoms with Crippen LogP contribution in [-0.4, -0.2) is 51.1 Å². The quantitative estimate of drug-likeness (QED) is 0.836. The SMILES string of the molecule is CCN(C)c1ccc(C(=O)NCC(C2CC2)N(C)C)cc1. The van der Waals surface area contributed by atoms with Crippen molar-refractivity contribution in [3.63, 3.8) is 0 Å². The lowest BCUT2D eigenvalue weighted by molar-refractivity contribution is 0.0939. The van der Waals surface area contributed by atoms with Crippen molar-refractivity contribution in [1.29, 1.82) is 0 Å². The first kappa shape index (κ1) is 15.8. The highest BCUT2D eigenvalue weighted by molar-refractivity contribution is 5.94. The summed E-state index contributed by atoms with van der Waals surface area (Å²) in [5.41, 5.74) is 1.87. The maximum absolute atomic E-state index is 12.2. The first-order valence-electron chi connectivity index (χ1n) is 7.78. The fraction of sp³-hybridized carbons (Fsp3) is 0.588. The Bertz CT molecular complexity index is 463. The van der Waals surface area contributed by atoms with E-state index in [4.69, 9.17) is 0 Å². The Morgan fingerprint density at radius 1 is 1.24 bits per heavy atom. The number of nitrogens with zero attached hydrogens (tertiary/aromatic N) is 2. The zero-order valence-corrected chi connectivity index (χ0v) is 13.6. The second kappa shape index (κ2) is 6.94. The Labute approximate surface area is 128 Å². The zero-order chi connectivity index (χ0) is 15.4. The van der Waals surface area contributed by atoms with Crippen LogP contribution in [0.4, 0.5) is 5.69 Å². The molecule has 1 aromatic carbocycles. The number of hydrogen-bond acceptors (Lipinski definition) is 3. The van der Waals surface area contributed by atoms with Crippen LogP contribution in [0.15, 0.2) is 24.3 Å². The smallest absolute Gasteiger partial charge is 0.251 e. The van der Waals surface area contributed by atoms with E-state index < -0.39 is 0 Å². The maximum Gasteiger partial charge on any atom is 0.251 e. The first-order chi connectivity index (χ1) is 10.0. The molecule has 4 heteroatoms. The van der Waals surface area contributed by atoms with Gasteiger partial charge in [0, 0.05) is 37.4 Å². The van der Waals surface area contributed by atoms with Crippen molar-refractivity contribution in [1.82, 2.24) is 10.2 Å². The van der Waals surface area contributed by atoms with Gasteiger partial charge in [-0.25, -0.2) is 0 Å². The van der Waals surface area contributed by atoms with Gasteiger partial charge in [0.15, 0.2) is 0 Å². The molecule has 0 radical (unpaired) electrons. The van der Waals surface area contributed by atoms with Crippen molar-refractivity contribution in [2.24, 2.45) is 5.92 Å². The number of likely N-dealkylation sites (N-methyl/N-ethyl adjacent to an activating group) is 1. The number of amides is 1. The van der Waals surface area contributed by atoms with Gasteiger partial charge in [-0.05, 0) is 64.0 Å². The molecule has 1 N–H and O–H groups in total. The van der Waals surface area contributed by atoms with Gasteiger partial charge in [0.1, 0.15) is 0 Å². The molecule has 1 aromatic rings. The Kier molecular flexibility index (Phi) is 5.23. The number of benzene rings is 1. The number of carbonyl (C=O) groups excluding carboxylic acids is 1. The molecule has 1 aliphatic carbocycles. The van der Waals surface area contributed by atoms with Gasteiger partial charge in [0.25, 0.3) is 5.91 Å². The second-order valence-electron chi connectivity index (χ2n) is 6.14. The summed E-state index contributed by atoms with van der Waals surface area (Å²) in [6.45, 7) is 3.80. The van der Waals surface area contributed by atoms with E-state index in [0.29, 0.717) is 6.04 Å². The number of carbonyl (C=O) groups is 1. The largest absolute Gasteiger partial charge is 0.375 e. The van der Waals surface area contributed by atoms with E-state index in [9.17, 15) is 4.79 Å². The Balaban J connectivity index is 1.90. The molecule has 0 spiro atoms. The first-order valence-corrected chi connectivity index (χ1v) is 7.78. The number of rotatable bonds is 7. The van der Waals surface area contributed by atoms with Gasteiger partial charge in [0.2, 0.25) is 0 Å². The Morgan fingerprint density at radius 3 is 2.33 bits per heavy atom. The van der Waals surface area contributed by atoms with Gasteiger partial charge in [-0.1, -0.05) is 0 Å². The monoisotopic (exact) mass is 289 g/mol. The normalized spacial score (nSPS) is 15.9. The van der Waals surface area contributed by atoms with Crippen molar-refractivity contribution in [2.45, 2.75) is 25.8 Å². The molecule has 0 aromatic heterocycles. The number of anilines is 1. The molecule has 1 aliphatic rings.